The summed E-state index contributed by atoms with van der Waals surface area (Å²) in [6, 6.07) is 0. The Balaban J connectivity index is 2.78. The van der Waals surface area contributed by atoms with E-state index in [1.807, 2.05) is 6.92 Å². The highest BCUT2D eigenvalue weighted by Crippen LogP contribution is 2.26. The van der Waals surface area contributed by atoms with Crippen LogP contribution in [0.3, 0.4) is 0 Å². The van der Waals surface area contributed by atoms with Crippen LogP contribution in [0.5, 0.6) is 0 Å². The Morgan fingerprint density at radius 3 is 2.80 bits per heavy atom. The van der Waals surface area contributed by atoms with Crippen molar-refractivity contribution in [2.45, 2.75) is 20.3 Å². The molecule has 1 heteroatoms. The largest absolute Gasteiger partial charge is 0.395 e. The monoisotopic (exact) mass is 138 g/mol. The van der Waals surface area contributed by atoms with E-state index >= 15 is 0 Å². The minimum absolute atomic E-state index is 0.0949. The predicted octanol–water partition coefficient (Wildman–Crippen LogP) is 1.89. The van der Waals surface area contributed by atoms with E-state index in [0.717, 1.165) is 6.42 Å². The van der Waals surface area contributed by atoms with E-state index in [-0.39, 0.29) is 12.0 Å². The zero-order chi connectivity index (χ0) is 7.61. The van der Waals surface area contributed by atoms with Crippen LogP contribution in [0.2, 0.25) is 0 Å². The van der Waals surface area contributed by atoms with Gasteiger partial charge < -0.3 is 5.11 Å². The minimum atomic E-state index is -0.0949. The molecule has 1 aliphatic carbocycles. The standard InChI is InChI=1S/C9H14O/c1-8-4-3-5-9(2,6-8)7-10/h3,5-6,10H,4,7H2,1-2H3. The molecule has 0 saturated heterocycles. The highest BCUT2D eigenvalue weighted by Gasteiger charge is 2.18. The molecular formula is C9H14O. The van der Waals surface area contributed by atoms with Crippen molar-refractivity contribution >= 4 is 0 Å². The number of aliphatic hydroxyl groups excluding tert-OH is 1. The Hall–Kier alpha value is -0.560. The average Bonchev–Trinajstić information content (AvgIpc) is 1.88. The molecule has 1 rings (SSSR count). The Kier molecular flexibility index (Phi) is 1.95. The molecule has 0 aromatic rings. The number of rotatable bonds is 1. The summed E-state index contributed by atoms with van der Waals surface area (Å²) in [6.45, 7) is 4.34. The molecule has 1 unspecified atom stereocenters. The SMILES string of the molecule is CC1=CC(C)(CO)C=CC1. The molecule has 0 aromatic heterocycles. The second-order valence-corrected chi connectivity index (χ2v) is 3.26. The maximum absolute atomic E-state index is 8.97. The molecule has 10 heavy (non-hydrogen) atoms. The van der Waals surface area contributed by atoms with E-state index in [9.17, 15) is 0 Å². The van der Waals surface area contributed by atoms with Gasteiger partial charge in [0, 0.05) is 5.41 Å². The van der Waals surface area contributed by atoms with Crippen molar-refractivity contribution in [1.82, 2.24) is 0 Å². The maximum Gasteiger partial charge on any atom is 0.0554 e. The quantitative estimate of drug-likeness (QED) is 0.548. The van der Waals surface area contributed by atoms with Crippen LogP contribution >= 0.6 is 0 Å². The third-order valence-corrected chi connectivity index (χ3v) is 1.86. The fourth-order valence-electron chi connectivity index (χ4n) is 1.28. The molecule has 0 aliphatic heterocycles. The summed E-state index contributed by atoms with van der Waals surface area (Å²) >= 11 is 0. The van der Waals surface area contributed by atoms with Crippen LogP contribution in [0, 0.1) is 5.41 Å². The molecule has 0 bridgehead atoms. The molecule has 0 saturated carbocycles. The number of allylic oxidation sites excluding steroid dienone is 2. The predicted molar refractivity (Wildman–Crippen MR) is 42.7 cm³/mol. The van der Waals surface area contributed by atoms with Crippen molar-refractivity contribution in [2.75, 3.05) is 6.61 Å². The van der Waals surface area contributed by atoms with Gasteiger partial charge in [-0.05, 0) is 13.3 Å². The third-order valence-electron chi connectivity index (χ3n) is 1.86. The van der Waals surface area contributed by atoms with Crippen molar-refractivity contribution in [1.29, 1.82) is 0 Å². The second kappa shape index (κ2) is 2.59. The lowest BCUT2D eigenvalue weighted by Gasteiger charge is -2.22. The van der Waals surface area contributed by atoms with Crippen molar-refractivity contribution in [3.8, 4) is 0 Å². The van der Waals surface area contributed by atoms with Gasteiger partial charge in [-0.3, -0.25) is 0 Å². The highest BCUT2D eigenvalue weighted by molar-refractivity contribution is 5.21. The Bertz CT molecular complexity index is 179. The van der Waals surface area contributed by atoms with Gasteiger partial charge in [0.1, 0.15) is 0 Å². The highest BCUT2D eigenvalue weighted by atomic mass is 16.3. The fraction of sp³-hybridized carbons (Fsp3) is 0.556. The molecule has 0 spiro atoms. The van der Waals surface area contributed by atoms with E-state index in [1.54, 1.807) is 0 Å². The Morgan fingerprint density at radius 2 is 2.40 bits per heavy atom. The molecule has 0 heterocycles. The van der Waals surface area contributed by atoms with Gasteiger partial charge in [-0.25, -0.2) is 0 Å². The van der Waals surface area contributed by atoms with Crippen LogP contribution in [0.1, 0.15) is 20.3 Å². The van der Waals surface area contributed by atoms with Gasteiger partial charge in [-0.1, -0.05) is 30.7 Å². The lowest BCUT2D eigenvalue weighted by molar-refractivity contribution is 0.218. The lowest BCUT2D eigenvalue weighted by Crippen LogP contribution is -2.17. The number of hydrogen-bond donors (Lipinski definition) is 1. The average molecular weight is 138 g/mol. The first-order valence-electron chi connectivity index (χ1n) is 3.63. The molecule has 0 radical (unpaired) electrons. The van der Waals surface area contributed by atoms with Crippen molar-refractivity contribution in [2.24, 2.45) is 5.41 Å². The van der Waals surface area contributed by atoms with E-state index < -0.39 is 0 Å². The second-order valence-electron chi connectivity index (χ2n) is 3.26. The topological polar surface area (TPSA) is 20.2 Å². The summed E-state index contributed by atoms with van der Waals surface area (Å²) < 4.78 is 0. The Morgan fingerprint density at radius 1 is 1.70 bits per heavy atom. The zero-order valence-electron chi connectivity index (χ0n) is 6.59. The summed E-state index contributed by atoms with van der Waals surface area (Å²) in [6.07, 6.45) is 7.36. The lowest BCUT2D eigenvalue weighted by atomic mass is 9.85. The number of hydrogen-bond acceptors (Lipinski definition) is 1. The molecule has 0 amide bonds. The molecule has 0 aromatic carbocycles. The van der Waals surface area contributed by atoms with Gasteiger partial charge in [0.05, 0.1) is 6.61 Å². The van der Waals surface area contributed by atoms with E-state index in [1.165, 1.54) is 5.57 Å². The van der Waals surface area contributed by atoms with Gasteiger partial charge in [0.25, 0.3) is 0 Å². The molecule has 1 nitrogen and oxygen atoms in total. The molecular weight excluding hydrogens is 124 g/mol. The van der Waals surface area contributed by atoms with E-state index in [0.29, 0.717) is 0 Å². The summed E-state index contributed by atoms with van der Waals surface area (Å²) in [5, 5.41) is 8.97. The van der Waals surface area contributed by atoms with E-state index in [2.05, 4.69) is 25.2 Å². The van der Waals surface area contributed by atoms with Gasteiger partial charge >= 0.3 is 0 Å². The van der Waals surface area contributed by atoms with Crippen molar-refractivity contribution in [3.63, 3.8) is 0 Å². The molecule has 1 atom stereocenters. The smallest absolute Gasteiger partial charge is 0.0554 e. The summed E-state index contributed by atoms with van der Waals surface area (Å²) in [5.74, 6) is 0. The third kappa shape index (κ3) is 1.48. The van der Waals surface area contributed by atoms with E-state index in [4.69, 9.17) is 5.11 Å². The molecule has 0 fully saturated rings. The van der Waals surface area contributed by atoms with Crippen molar-refractivity contribution < 1.29 is 5.11 Å². The minimum Gasteiger partial charge on any atom is -0.395 e. The van der Waals surface area contributed by atoms with Crippen molar-refractivity contribution in [3.05, 3.63) is 23.8 Å². The molecule has 56 valence electrons. The normalized spacial score (nSPS) is 32.1. The van der Waals surface area contributed by atoms with Crippen LogP contribution in [0.15, 0.2) is 23.8 Å². The van der Waals surface area contributed by atoms with Crippen LogP contribution in [0.25, 0.3) is 0 Å². The van der Waals surface area contributed by atoms with Crippen LogP contribution < -0.4 is 0 Å². The summed E-state index contributed by atoms with van der Waals surface area (Å²) in [5.41, 5.74) is 1.25. The van der Waals surface area contributed by atoms with Gasteiger partial charge in [0.15, 0.2) is 0 Å². The van der Waals surface area contributed by atoms with Crippen LogP contribution in [-0.2, 0) is 0 Å². The first-order valence-corrected chi connectivity index (χ1v) is 3.63. The van der Waals surface area contributed by atoms with Crippen LogP contribution in [0.4, 0.5) is 0 Å². The molecule has 1 aliphatic rings. The van der Waals surface area contributed by atoms with Gasteiger partial charge in [-0.15, -0.1) is 0 Å². The van der Waals surface area contributed by atoms with Gasteiger partial charge in [0.2, 0.25) is 0 Å². The maximum atomic E-state index is 8.97. The Labute approximate surface area is 62.1 Å². The first kappa shape index (κ1) is 7.55. The zero-order valence-corrected chi connectivity index (χ0v) is 6.59. The summed E-state index contributed by atoms with van der Waals surface area (Å²) in [4.78, 5) is 0. The number of aliphatic hydroxyl groups is 1. The first-order chi connectivity index (χ1) is 4.66. The van der Waals surface area contributed by atoms with Crippen LogP contribution in [-0.4, -0.2) is 11.7 Å². The summed E-state index contributed by atoms with van der Waals surface area (Å²) in [7, 11) is 0. The fourth-order valence-corrected chi connectivity index (χ4v) is 1.28. The van der Waals surface area contributed by atoms with Gasteiger partial charge in [-0.2, -0.15) is 0 Å². The molecule has 1 N–H and O–H groups in total.